The number of amides is 1. The SMILES string of the molecule is O=C(C=Cc1nc2ccccc2s1)N1CCN(c2ccc(C(F)(F)F)cn2)CC1. The van der Waals surface area contributed by atoms with Gasteiger partial charge >= 0.3 is 6.18 Å². The van der Waals surface area contributed by atoms with E-state index < -0.39 is 11.7 Å². The Balaban J connectivity index is 1.34. The van der Waals surface area contributed by atoms with Crippen LogP contribution in [0.1, 0.15) is 10.6 Å². The molecule has 1 amide bonds. The minimum atomic E-state index is -4.40. The molecule has 0 spiro atoms. The highest BCUT2D eigenvalue weighted by Crippen LogP contribution is 2.29. The van der Waals surface area contributed by atoms with Gasteiger partial charge in [-0.2, -0.15) is 13.2 Å². The molecular weight excluding hydrogens is 401 g/mol. The van der Waals surface area contributed by atoms with Crippen LogP contribution in [-0.2, 0) is 11.0 Å². The first-order valence-corrected chi connectivity index (χ1v) is 9.82. The Kier molecular flexibility index (Phi) is 5.23. The molecule has 1 fully saturated rings. The number of benzene rings is 1. The first kappa shape index (κ1) is 19.4. The van der Waals surface area contributed by atoms with Crippen LogP contribution in [0.2, 0.25) is 0 Å². The Hall–Kier alpha value is -2.94. The molecule has 0 radical (unpaired) electrons. The van der Waals surface area contributed by atoms with Crippen LogP contribution in [0.3, 0.4) is 0 Å². The predicted octanol–water partition coefficient (Wildman–Crippen LogP) is 4.07. The van der Waals surface area contributed by atoms with Crippen molar-refractivity contribution < 1.29 is 18.0 Å². The fourth-order valence-electron chi connectivity index (χ4n) is 3.11. The van der Waals surface area contributed by atoms with Crippen LogP contribution < -0.4 is 4.90 Å². The van der Waals surface area contributed by atoms with Crippen LogP contribution in [0.4, 0.5) is 19.0 Å². The van der Waals surface area contributed by atoms with Crippen LogP contribution in [0.15, 0.2) is 48.7 Å². The van der Waals surface area contributed by atoms with Gasteiger partial charge in [-0.3, -0.25) is 4.79 Å². The van der Waals surface area contributed by atoms with E-state index >= 15 is 0 Å². The minimum Gasteiger partial charge on any atom is -0.353 e. The standard InChI is InChI=1S/C20H17F3N4OS/c21-20(22,23)14-5-6-17(24-13-14)26-9-11-27(12-10-26)19(28)8-7-18-25-15-3-1-2-4-16(15)29-18/h1-8,13H,9-12H2. The Morgan fingerprint density at radius 2 is 1.83 bits per heavy atom. The summed E-state index contributed by atoms with van der Waals surface area (Å²) < 4.78 is 39.0. The fourth-order valence-corrected chi connectivity index (χ4v) is 3.98. The maximum Gasteiger partial charge on any atom is 0.417 e. The maximum atomic E-state index is 12.6. The summed E-state index contributed by atoms with van der Waals surface area (Å²) in [5.41, 5.74) is 0.136. The average molecular weight is 418 g/mol. The molecule has 9 heteroatoms. The summed E-state index contributed by atoms with van der Waals surface area (Å²) in [7, 11) is 0. The Morgan fingerprint density at radius 3 is 2.48 bits per heavy atom. The third kappa shape index (κ3) is 4.40. The van der Waals surface area contributed by atoms with Gasteiger partial charge in [0.15, 0.2) is 0 Å². The Morgan fingerprint density at radius 1 is 1.07 bits per heavy atom. The molecule has 1 aliphatic heterocycles. The van der Waals surface area contributed by atoms with Gasteiger partial charge in [-0.25, -0.2) is 9.97 Å². The molecule has 3 heterocycles. The largest absolute Gasteiger partial charge is 0.417 e. The lowest BCUT2D eigenvalue weighted by atomic mass is 10.2. The van der Waals surface area contributed by atoms with E-state index in [1.165, 1.54) is 23.5 Å². The number of piperazine rings is 1. The van der Waals surface area contributed by atoms with Crippen LogP contribution in [-0.4, -0.2) is 47.0 Å². The Bertz CT molecular complexity index is 1000. The molecule has 0 unspecified atom stereocenters. The highest BCUT2D eigenvalue weighted by Gasteiger charge is 2.31. The van der Waals surface area contributed by atoms with E-state index in [2.05, 4.69) is 9.97 Å². The molecule has 3 aromatic rings. The van der Waals surface area contributed by atoms with Crippen molar-refractivity contribution in [1.29, 1.82) is 0 Å². The van der Waals surface area contributed by atoms with Gasteiger partial charge in [0, 0.05) is 38.5 Å². The highest BCUT2D eigenvalue weighted by molar-refractivity contribution is 7.19. The van der Waals surface area contributed by atoms with Crippen molar-refractivity contribution in [3.8, 4) is 0 Å². The zero-order valence-corrected chi connectivity index (χ0v) is 16.1. The maximum absolute atomic E-state index is 12.6. The average Bonchev–Trinajstić information content (AvgIpc) is 3.15. The summed E-state index contributed by atoms with van der Waals surface area (Å²) in [6, 6.07) is 10.2. The van der Waals surface area contributed by atoms with Crippen LogP contribution in [0.5, 0.6) is 0 Å². The molecule has 1 aromatic carbocycles. The van der Waals surface area contributed by atoms with Gasteiger partial charge < -0.3 is 9.80 Å². The molecule has 0 atom stereocenters. The van der Waals surface area contributed by atoms with E-state index in [0.717, 1.165) is 27.5 Å². The summed E-state index contributed by atoms with van der Waals surface area (Å²) in [5.74, 6) is 0.374. The summed E-state index contributed by atoms with van der Waals surface area (Å²) >= 11 is 1.52. The molecule has 1 aliphatic rings. The summed E-state index contributed by atoms with van der Waals surface area (Å²) in [4.78, 5) is 24.4. The summed E-state index contributed by atoms with van der Waals surface area (Å²) in [5, 5.41) is 0.771. The number of hydrogen-bond acceptors (Lipinski definition) is 5. The number of carbonyl (C=O) groups is 1. The Labute approximate surface area is 169 Å². The molecule has 1 saturated heterocycles. The molecule has 4 rings (SSSR count). The number of para-hydroxylation sites is 1. The molecule has 0 saturated carbocycles. The molecule has 0 aliphatic carbocycles. The zero-order chi connectivity index (χ0) is 20.4. The number of pyridine rings is 1. The molecule has 150 valence electrons. The summed E-state index contributed by atoms with van der Waals surface area (Å²) in [6.07, 6.45) is -0.319. The van der Waals surface area contributed by atoms with Gasteiger partial charge in [0.05, 0.1) is 15.8 Å². The lowest BCUT2D eigenvalue weighted by molar-refractivity contribution is -0.137. The predicted molar refractivity (Wildman–Crippen MR) is 107 cm³/mol. The van der Waals surface area contributed by atoms with Gasteiger partial charge in [-0.1, -0.05) is 12.1 Å². The minimum absolute atomic E-state index is 0.107. The van der Waals surface area contributed by atoms with Crippen molar-refractivity contribution in [2.45, 2.75) is 6.18 Å². The van der Waals surface area contributed by atoms with Crippen molar-refractivity contribution in [1.82, 2.24) is 14.9 Å². The topological polar surface area (TPSA) is 49.3 Å². The number of nitrogens with zero attached hydrogens (tertiary/aromatic N) is 4. The first-order valence-electron chi connectivity index (χ1n) is 9.01. The second-order valence-corrected chi connectivity index (χ2v) is 7.63. The highest BCUT2D eigenvalue weighted by atomic mass is 32.1. The number of halogens is 3. The van der Waals surface area contributed by atoms with Crippen LogP contribution in [0.25, 0.3) is 16.3 Å². The smallest absolute Gasteiger partial charge is 0.353 e. The van der Waals surface area contributed by atoms with Gasteiger partial charge in [0.2, 0.25) is 5.91 Å². The number of hydrogen-bond donors (Lipinski definition) is 0. The van der Waals surface area contributed by atoms with Crippen molar-refractivity contribution in [2.24, 2.45) is 0 Å². The lowest BCUT2D eigenvalue weighted by Gasteiger charge is -2.35. The van der Waals surface area contributed by atoms with Gasteiger partial charge in [-0.05, 0) is 30.3 Å². The number of anilines is 1. The van der Waals surface area contributed by atoms with Crippen molar-refractivity contribution >= 4 is 39.4 Å². The lowest BCUT2D eigenvalue weighted by Crippen LogP contribution is -2.48. The van der Waals surface area contributed by atoms with E-state index in [0.29, 0.717) is 32.0 Å². The number of alkyl halides is 3. The van der Waals surface area contributed by atoms with E-state index in [9.17, 15) is 18.0 Å². The molecule has 0 N–H and O–H groups in total. The van der Waals surface area contributed by atoms with Crippen molar-refractivity contribution in [3.63, 3.8) is 0 Å². The van der Waals surface area contributed by atoms with Crippen LogP contribution >= 0.6 is 11.3 Å². The van der Waals surface area contributed by atoms with E-state index in [4.69, 9.17) is 0 Å². The van der Waals surface area contributed by atoms with E-state index in [-0.39, 0.29) is 5.91 Å². The van der Waals surface area contributed by atoms with Gasteiger partial charge in [-0.15, -0.1) is 11.3 Å². The van der Waals surface area contributed by atoms with E-state index in [1.807, 2.05) is 29.2 Å². The molecular formula is C20H17F3N4OS. The number of aromatic nitrogens is 2. The fraction of sp³-hybridized carbons (Fsp3) is 0.250. The quantitative estimate of drug-likeness (QED) is 0.602. The number of fused-ring (bicyclic) bond motifs is 1. The molecule has 29 heavy (non-hydrogen) atoms. The second kappa shape index (κ2) is 7.82. The number of carbonyl (C=O) groups excluding carboxylic acids is 1. The second-order valence-electron chi connectivity index (χ2n) is 6.57. The van der Waals surface area contributed by atoms with Crippen molar-refractivity contribution in [2.75, 3.05) is 31.1 Å². The van der Waals surface area contributed by atoms with Crippen LogP contribution in [0, 0.1) is 0 Å². The molecule has 2 aromatic heterocycles. The molecule has 5 nitrogen and oxygen atoms in total. The monoisotopic (exact) mass is 418 g/mol. The zero-order valence-electron chi connectivity index (χ0n) is 15.3. The summed E-state index contributed by atoms with van der Waals surface area (Å²) in [6.45, 7) is 1.98. The number of rotatable bonds is 3. The normalized spacial score (nSPS) is 15.4. The third-order valence-corrected chi connectivity index (χ3v) is 5.67. The van der Waals surface area contributed by atoms with Gasteiger partial charge in [0.25, 0.3) is 0 Å². The number of thiazole rings is 1. The van der Waals surface area contributed by atoms with Crippen molar-refractivity contribution in [3.05, 3.63) is 59.2 Å². The van der Waals surface area contributed by atoms with Gasteiger partial charge in [0.1, 0.15) is 10.8 Å². The van der Waals surface area contributed by atoms with E-state index in [1.54, 1.807) is 11.0 Å². The third-order valence-electron chi connectivity index (χ3n) is 4.67. The first-order chi connectivity index (χ1) is 13.9. The molecule has 0 bridgehead atoms.